The smallest absolute Gasteiger partial charge is 0.125 e. The minimum absolute atomic E-state index is 0.000356. The van der Waals surface area contributed by atoms with Crippen LogP contribution in [0.2, 0.25) is 0 Å². The third-order valence-electron chi connectivity index (χ3n) is 4.56. The molecule has 1 heterocycles. The van der Waals surface area contributed by atoms with Gasteiger partial charge in [0.1, 0.15) is 11.6 Å². The summed E-state index contributed by atoms with van der Waals surface area (Å²) in [4.78, 5) is 0. The Hall–Kier alpha value is -3.40. The monoisotopic (exact) mass is 358 g/mol. The van der Waals surface area contributed by atoms with Crippen LogP contribution in [0.1, 0.15) is 11.1 Å². The first-order valence-corrected chi connectivity index (χ1v) is 8.73. The number of aromatic hydroxyl groups is 1. The Labute approximate surface area is 157 Å². The van der Waals surface area contributed by atoms with Crippen molar-refractivity contribution in [3.8, 4) is 39.4 Å². The molecule has 0 aliphatic rings. The number of aryl methyl sites for hydroxylation is 2. The fraction of sp³-hybridized carbons (Fsp3) is 0.0870. The van der Waals surface area contributed by atoms with Crippen molar-refractivity contribution in [3.05, 3.63) is 83.7 Å². The van der Waals surface area contributed by atoms with Gasteiger partial charge in [-0.05, 0) is 54.8 Å². The molecule has 0 aliphatic heterocycles. The number of phenolic OH excluding ortho intramolecular Hbond substituents is 1. The van der Waals surface area contributed by atoms with Crippen LogP contribution in [0.25, 0.3) is 33.6 Å². The largest absolute Gasteiger partial charge is 0.507 e. The van der Waals surface area contributed by atoms with Crippen LogP contribution in [0, 0.1) is 19.7 Å². The third-order valence-corrected chi connectivity index (χ3v) is 4.56. The number of H-pyrrole nitrogens is 1. The number of halogens is 1. The lowest BCUT2D eigenvalue weighted by Crippen LogP contribution is -1.84. The molecule has 0 aliphatic carbocycles. The summed E-state index contributed by atoms with van der Waals surface area (Å²) in [6.45, 7) is 4.19. The Bertz CT molecular complexity index is 1090. The van der Waals surface area contributed by atoms with Crippen LogP contribution in [0.15, 0.2) is 66.7 Å². The van der Waals surface area contributed by atoms with Crippen LogP contribution in [-0.2, 0) is 0 Å². The van der Waals surface area contributed by atoms with Crippen molar-refractivity contribution in [2.24, 2.45) is 0 Å². The molecule has 3 nitrogen and oxygen atoms in total. The number of nitrogens with one attached hydrogen (secondary N) is 1. The zero-order valence-corrected chi connectivity index (χ0v) is 15.1. The quantitative estimate of drug-likeness (QED) is 0.481. The van der Waals surface area contributed by atoms with E-state index < -0.39 is 5.82 Å². The first-order valence-electron chi connectivity index (χ1n) is 8.73. The van der Waals surface area contributed by atoms with Gasteiger partial charge in [0.25, 0.3) is 0 Å². The van der Waals surface area contributed by atoms with Crippen LogP contribution < -0.4 is 0 Å². The highest BCUT2D eigenvalue weighted by molar-refractivity contribution is 5.74. The van der Waals surface area contributed by atoms with Gasteiger partial charge in [-0.3, -0.25) is 5.10 Å². The number of benzene rings is 3. The maximum atomic E-state index is 13.5. The SMILES string of the molecule is Cc1cc(C)cc(-c2ccc(-c3cc(-c4cc(F)ccc4O)n[nH]3)cc2)c1. The van der Waals surface area contributed by atoms with Crippen LogP contribution in [0.4, 0.5) is 4.39 Å². The third kappa shape index (κ3) is 3.47. The Morgan fingerprint density at radius 1 is 0.778 bits per heavy atom. The number of rotatable bonds is 3. The molecule has 0 fully saturated rings. The standard InChI is InChI=1S/C23H19FN2O/c1-14-9-15(2)11-18(10-14)16-3-5-17(6-4-16)21-13-22(26-25-21)20-12-19(24)7-8-23(20)27/h3-13,27H,1-2H3,(H,25,26). The average Bonchev–Trinajstić information content (AvgIpc) is 3.13. The summed E-state index contributed by atoms with van der Waals surface area (Å²) in [5, 5.41) is 17.1. The van der Waals surface area contributed by atoms with Crippen molar-refractivity contribution in [1.82, 2.24) is 10.2 Å². The second-order valence-corrected chi connectivity index (χ2v) is 6.78. The van der Waals surface area contributed by atoms with Gasteiger partial charge in [-0.25, -0.2) is 4.39 Å². The minimum atomic E-state index is -0.412. The van der Waals surface area contributed by atoms with Gasteiger partial charge < -0.3 is 5.11 Å². The molecule has 0 radical (unpaired) electrons. The molecule has 4 aromatic rings. The summed E-state index contributed by atoms with van der Waals surface area (Å²) >= 11 is 0. The number of aromatic nitrogens is 2. The van der Waals surface area contributed by atoms with Crippen molar-refractivity contribution in [3.63, 3.8) is 0 Å². The number of aromatic amines is 1. The van der Waals surface area contributed by atoms with Gasteiger partial charge in [0.05, 0.1) is 11.4 Å². The molecule has 27 heavy (non-hydrogen) atoms. The Balaban J connectivity index is 1.65. The van der Waals surface area contributed by atoms with E-state index in [4.69, 9.17) is 0 Å². The van der Waals surface area contributed by atoms with Gasteiger partial charge in [-0.2, -0.15) is 5.10 Å². The van der Waals surface area contributed by atoms with Gasteiger partial charge in [0.15, 0.2) is 0 Å². The first-order chi connectivity index (χ1) is 13.0. The highest BCUT2D eigenvalue weighted by Crippen LogP contribution is 2.31. The summed E-state index contributed by atoms with van der Waals surface area (Å²) in [5.74, 6) is -0.412. The van der Waals surface area contributed by atoms with Crippen LogP contribution in [0.3, 0.4) is 0 Å². The molecule has 0 bridgehead atoms. The zero-order chi connectivity index (χ0) is 19.0. The molecule has 0 saturated heterocycles. The van der Waals surface area contributed by atoms with Gasteiger partial charge in [0, 0.05) is 5.56 Å². The van der Waals surface area contributed by atoms with E-state index in [9.17, 15) is 9.50 Å². The summed E-state index contributed by atoms with van der Waals surface area (Å²) in [6, 6.07) is 20.3. The molecular formula is C23H19FN2O. The lowest BCUT2D eigenvalue weighted by Gasteiger charge is -2.06. The number of phenols is 1. The predicted octanol–water partition coefficient (Wildman–Crippen LogP) is 5.87. The molecule has 1 aromatic heterocycles. The van der Waals surface area contributed by atoms with Gasteiger partial charge in [0.2, 0.25) is 0 Å². The van der Waals surface area contributed by atoms with E-state index >= 15 is 0 Å². The van der Waals surface area contributed by atoms with Crippen molar-refractivity contribution < 1.29 is 9.50 Å². The molecule has 4 rings (SSSR count). The maximum Gasteiger partial charge on any atom is 0.125 e. The maximum absolute atomic E-state index is 13.5. The minimum Gasteiger partial charge on any atom is -0.507 e. The van der Waals surface area contributed by atoms with Crippen LogP contribution >= 0.6 is 0 Å². The summed E-state index contributed by atoms with van der Waals surface area (Å²) in [7, 11) is 0. The highest BCUT2D eigenvalue weighted by Gasteiger charge is 2.11. The fourth-order valence-corrected chi connectivity index (χ4v) is 3.30. The van der Waals surface area contributed by atoms with E-state index in [0.717, 1.165) is 16.8 Å². The molecule has 0 atom stereocenters. The van der Waals surface area contributed by atoms with E-state index in [-0.39, 0.29) is 5.75 Å². The summed E-state index contributed by atoms with van der Waals surface area (Å²) < 4.78 is 13.5. The molecule has 0 spiro atoms. The van der Waals surface area contributed by atoms with Crippen molar-refractivity contribution in [2.75, 3.05) is 0 Å². The van der Waals surface area contributed by atoms with Gasteiger partial charge in [-0.1, -0.05) is 53.6 Å². The van der Waals surface area contributed by atoms with E-state index in [1.807, 2.05) is 12.1 Å². The molecule has 4 heteroatoms. The Morgan fingerprint density at radius 2 is 1.44 bits per heavy atom. The normalized spacial score (nSPS) is 10.9. The molecule has 0 unspecified atom stereocenters. The fourth-order valence-electron chi connectivity index (χ4n) is 3.30. The zero-order valence-electron chi connectivity index (χ0n) is 15.1. The molecule has 3 aromatic carbocycles. The van der Waals surface area contributed by atoms with Gasteiger partial charge in [-0.15, -0.1) is 0 Å². The van der Waals surface area contributed by atoms with E-state index in [0.29, 0.717) is 11.3 Å². The van der Waals surface area contributed by atoms with Gasteiger partial charge >= 0.3 is 0 Å². The summed E-state index contributed by atoms with van der Waals surface area (Å²) in [5.41, 5.74) is 7.45. The molecule has 134 valence electrons. The van der Waals surface area contributed by atoms with Crippen LogP contribution in [0.5, 0.6) is 5.75 Å². The second kappa shape index (κ2) is 6.72. The number of nitrogens with zero attached hydrogens (tertiary/aromatic N) is 1. The Morgan fingerprint density at radius 3 is 2.15 bits per heavy atom. The van der Waals surface area contributed by atoms with E-state index in [1.54, 1.807) is 6.07 Å². The van der Waals surface area contributed by atoms with Crippen molar-refractivity contribution in [2.45, 2.75) is 13.8 Å². The summed E-state index contributed by atoms with van der Waals surface area (Å²) in [6.07, 6.45) is 0. The van der Waals surface area contributed by atoms with E-state index in [1.165, 1.54) is 34.9 Å². The van der Waals surface area contributed by atoms with E-state index in [2.05, 4.69) is 54.4 Å². The topological polar surface area (TPSA) is 48.9 Å². The van der Waals surface area contributed by atoms with Crippen molar-refractivity contribution >= 4 is 0 Å². The number of hydrogen-bond acceptors (Lipinski definition) is 2. The first kappa shape index (κ1) is 17.0. The molecule has 0 amide bonds. The number of hydrogen-bond donors (Lipinski definition) is 2. The van der Waals surface area contributed by atoms with Crippen LogP contribution in [-0.4, -0.2) is 15.3 Å². The predicted molar refractivity (Wildman–Crippen MR) is 106 cm³/mol. The Kier molecular flexibility index (Phi) is 4.24. The molecule has 0 saturated carbocycles. The van der Waals surface area contributed by atoms with Crippen molar-refractivity contribution in [1.29, 1.82) is 0 Å². The lowest BCUT2D eigenvalue weighted by molar-refractivity contribution is 0.475. The lowest BCUT2D eigenvalue weighted by atomic mass is 9.99. The second-order valence-electron chi connectivity index (χ2n) is 6.78. The molecular weight excluding hydrogens is 339 g/mol. The molecule has 2 N–H and O–H groups in total. The highest BCUT2D eigenvalue weighted by atomic mass is 19.1. The average molecular weight is 358 g/mol.